The second-order valence-corrected chi connectivity index (χ2v) is 11.7. The minimum Gasteiger partial charge on any atom is -0.508 e. The first-order chi connectivity index (χ1) is 18.3. The molecule has 3 fully saturated rings. The van der Waals surface area contributed by atoms with E-state index in [1.54, 1.807) is 24.1 Å². The van der Waals surface area contributed by atoms with Crippen molar-refractivity contribution in [3.63, 3.8) is 0 Å². The number of allylic oxidation sites excluding steroid dienone is 1. The molecule has 2 saturated heterocycles. The first kappa shape index (κ1) is 27.4. The van der Waals surface area contributed by atoms with Crippen LogP contribution in [0.4, 0.5) is 0 Å². The van der Waals surface area contributed by atoms with Crippen LogP contribution in [0, 0.1) is 17.8 Å². The van der Waals surface area contributed by atoms with Gasteiger partial charge in [0.2, 0.25) is 11.8 Å². The number of phenolic OH excluding ortho intramolecular Hbond substituents is 1. The molecule has 1 aromatic carbocycles. The van der Waals surface area contributed by atoms with E-state index in [0.29, 0.717) is 37.2 Å². The van der Waals surface area contributed by atoms with Gasteiger partial charge in [0, 0.05) is 13.2 Å². The van der Waals surface area contributed by atoms with E-state index in [-0.39, 0.29) is 41.5 Å². The zero-order valence-electron chi connectivity index (χ0n) is 22.2. The number of hydrogen-bond donors (Lipinski definition) is 2. The molecule has 7 nitrogen and oxygen atoms in total. The number of amides is 2. The van der Waals surface area contributed by atoms with Crippen LogP contribution in [0.15, 0.2) is 34.9 Å². The normalized spacial score (nSPS) is 28.7. The van der Waals surface area contributed by atoms with Crippen molar-refractivity contribution in [3.8, 4) is 5.75 Å². The number of imide groups is 1. The Morgan fingerprint density at radius 3 is 2.68 bits per heavy atom. The van der Waals surface area contributed by atoms with E-state index >= 15 is 0 Å². The molecule has 0 radical (unpaired) electrons. The molecule has 2 aliphatic heterocycles. The number of ether oxygens (including phenoxy) is 1. The summed E-state index contributed by atoms with van der Waals surface area (Å²) in [5.74, 6) is -1.02. The Kier molecular flexibility index (Phi) is 8.34. The number of phenols is 1. The number of carbonyl (C=O) groups is 2. The van der Waals surface area contributed by atoms with Crippen LogP contribution in [0.25, 0.3) is 6.08 Å². The smallest absolute Gasteiger partial charge is 0.455 e. The highest BCUT2D eigenvalue weighted by Crippen LogP contribution is 2.51. The van der Waals surface area contributed by atoms with Gasteiger partial charge < -0.3 is 19.5 Å². The SMILES string of the molecule is COCC1=C2[C@@H](CC/C(C)=C/c3ccc(O)cc3Cl)OB(O)C[C@@H]2[C@@H]2C(=O)N(C3CCCCC3)C(=O)[C@@H]2C1. The molecular formula is C29H37BClNO6. The number of methoxy groups -OCH3 is 1. The molecule has 0 bridgehead atoms. The van der Waals surface area contributed by atoms with Gasteiger partial charge in [-0.25, -0.2) is 0 Å². The van der Waals surface area contributed by atoms with Gasteiger partial charge in [-0.1, -0.05) is 42.5 Å². The number of hydrogen-bond acceptors (Lipinski definition) is 6. The van der Waals surface area contributed by atoms with E-state index in [1.807, 2.05) is 13.0 Å². The number of halogens is 1. The molecule has 4 aliphatic rings. The molecule has 2 heterocycles. The molecule has 1 aromatic rings. The molecule has 204 valence electrons. The lowest BCUT2D eigenvalue weighted by Crippen LogP contribution is -2.47. The third-order valence-electron chi connectivity index (χ3n) is 8.79. The van der Waals surface area contributed by atoms with Crippen LogP contribution in [0.3, 0.4) is 0 Å². The fraction of sp³-hybridized carbons (Fsp3) is 0.586. The van der Waals surface area contributed by atoms with Gasteiger partial charge in [0.05, 0.1) is 29.6 Å². The summed E-state index contributed by atoms with van der Waals surface area (Å²) in [6.07, 6.45) is 8.80. The Labute approximate surface area is 230 Å². The van der Waals surface area contributed by atoms with Crippen LogP contribution in [0.2, 0.25) is 11.3 Å². The van der Waals surface area contributed by atoms with Crippen molar-refractivity contribution in [1.29, 1.82) is 0 Å². The second-order valence-electron chi connectivity index (χ2n) is 11.3. The summed E-state index contributed by atoms with van der Waals surface area (Å²) >= 11 is 6.28. The molecule has 38 heavy (non-hydrogen) atoms. The van der Waals surface area contributed by atoms with Crippen molar-refractivity contribution in [3.05, 3.63) is 45.5 Å². The molecule has 2 N–H and O–H groups in total. The summed E-state index contributed by atoms with van der Waals surface area (Å²) < 4.78 is 11.6. The Bertz CT molecular complexity index is 1150. The van der Waals surface area contributed by atoms with E-state index in [0.717, 1.165) is 54.4 Å². The summed E-state index contributed by atoms with van der Waals surface area (Å²) in [7, 11) is 0.658. The van der Waals surface area contributed by atoms with Crippen molar-refractivity contribution in [1.82, 2.24) is 4.90 Å². The summed E-state index contributed by atoms with van der Waals surface area (Å²) in [6, 6.07) is 4.90. The number of fused-ring (bicyclic) bond motifs is 3. The highest BCUT2D eigenvalue weighted by molar-refractivity contribution is 6.43. The van der Waals surface area contributed by atoms with Gasteiger partial charge >= 0.3 is 7.12 Å². The lowest BCUT2D eigenvalue weighted by molar-refractivity contribution is -0.143. The van der Waals surface area contributed by atoms with Crippen molar-refractivity contribution in [2.45, 2.75) is 76.8 Å². The first-order valence-electron chi connectivity index (χ1n) is 13.8. The highest BCUT2D eigenvalue weighted by atomic mass is 35.5. The van der Waals surface area contributed by atoms with E-state index in [9.17, 15) is 19.7 Å². The molecule has 0 aromatic heterocycles. The topological polar surface area (TPSA) is 96.3 Å². The predicted molar refractivity (Wildman–Crippen MR) is 146 cm³/mol. The van der Waals surface area contributed by atoms with Gasteiger partial charge in [0.25, 0.3) is 0 Å². The van der Waals surface area contributed by atoms with Gasteiger partial charge in [0.1, 0.15) is 5.75 Å². The maximum absolute atomic E-state index is 13.8. The first-order valence-corrected chi connectivity index (χ1v) is 14.2. The standard InChI is InChI=1S/C29H37BClNO6/c1-17(12-18-9-10-21(33)14-24(18)31)8-11-25-26-19(16-37-2)13-22-27(23(26)15-30(36)38-25)29(35)32(28(22)34)20-6-4-3-5-7-20/h9-10,12,14,20,22-23,25,27,33,36H,3-8,11,13,15-16H2,1-2H3/b17-12+/t22-,23+,25-,27-/m1/s1. The highest BCUT2D eigenvalue weighted by Gasteiger charge is 2.58. The summed E-state index contributed by atoms with van der Waals surface area (Å²) in [5, 5.41) is 20.8. The molecule has 9 heteroatoms. The van der Waals surface area contributed by atoms with Crippen molar-refractivity contribution in [2.75, 3.05) is 13.7 Å². The van der Waals surface area contributed by atoms with Gasteiger partial charge in [0.15, 0.2) is 0 Å². The minimum atomic E-state index is -0.987. The van der Waals surface area contributed by atoms with Crippen molar-refractivity contribution in [2.24, 2.45) is 17.8 Å². The molecular weight excluding hydrogens is 505 g/mol. The van der Waals surface area contributed by atoms with Crippen molar-refractivity contribution < 1.29 is 29.1 Å². The average molecular weight is 542 g/mol. The van der Waals surface area contributed by atoms with E-state index < -0.39 is 13.0 Å². The zero-order valence-corrected chi connectivity index (χ0v) is 23.0. The van der Waals surface area contributed by atoms with Crippen LogP contribution < -0.4 is 0 Å². The molecule has 2 aliphatic carbocycles. The second kappa shape index (κ2) is 11.5. The number of nitrogens with zero attached hydrogens (tertiary/aromatic N) is 1. The monoisotopic (exact) mass is 541 g/mol. The van der Waals surface area contributed by atoms with Gasteiger partial charge in [-0.3, -0.25) is 14.5 Å². The van der Waals surface area contributed by atoms with Gasteiger partial charge in [-0.2, -0.15) is 0 Å². The zero-order chi connectivity index (χ0) is 27.0. The predicted octanol–water partition coefficient (Wildman–Crippen LogP) is 5.01. The summed E-state index contributed by atoms with van der Waals surface area (Å²) in [4.78, 5) is 29.0. The summed E-state index contributed by atoms with van der Waals surface area (Å²) in [6.45, 7) is 2.40. The quantitative estimate of drug-likeness (QED) is 0.286. The fourth-order valence-electron chi connectivity index (χ4n) is 7.12. The number of carbonyl (C=O) groups excluding carboxylic acids is 2. The molecule has 2 amide bonds. The molecule has 1 saturated carbocycles. The number of aromatic hydroxyl groups is 1. The van der Waals surface area contributed by atoms with Crippen LogP contribution in [0.1, 0.15) is 63.9 Å². The van der Waals surface area contributed by atoms with Crippen molar-refractivity contribution >= 4 is 36.6 Å². The molecule has 4 atom stereocenters. The summed E-state index contributed by atoms with van der Waals surface area (Å²) in [5.41, 5.74) is 3.98. The van der Waals surface area contributed by atoms with Crippen LogP contribution >= 0.6 is 11.6 Å². The van der Waals surface area contributed by atoms with Crippen LogP contribution in [0.5, 0.6) is 5.75 Å². The fourth-order valence-corrected chi connectivity index (χ4v) is 7.35. The van der Waals surface area contributed by atoms with E-state index in [4.69, 9.17) is 21.0 Å². The Balaban J connectivity index is 1.39. The van der Waals surface area contributed by atoms with Gasteiger partial charge in [-0.05, 0) is 86.2 Å². The Morgan fingerprint density at radius 1 is 1.21 bits per heavy atom. The minimum absolute atomic E-state index is 0.00347. The molecule has 0 unspecified atom stereocenters. The number of likely N-dealkylation sites (tertiary alicyclic amines) is 1. The Morgan fingerprint density at radius 2 is 1.97 bits per heavy atom. The van der Waals surface area contributed by atoms with E-state index in [1.165, 1.54) is 6.07 Å². The molecule has 5 rings (SSSR count). The average Bonchev–Trinajstić information content (AvgIpc) is 3.14. The third kappa shape index (κ3) is 5.33. The largest absolute Gasteiger partial charge is 0.508 e. The molecule has 0 spiro atoms. The van der Waals surface area contributed by atoms with Crippen LogP contribution in [-0.4, -0.2) is 59.8 Å². The Hall–Kier alpha value is -2.13. The maximum Gasteiger partial charge on any atom is 0.455 e. The maximum atomic E-state index is 13.8. The lowest BCUT2D eigenvalue weighted by atomic mass is 9.58. The van der Waals surface area contributed by atoms with E-state index in [2.05, 4.69) is 0 Å². The number of benzene rings is 1. The lowest BCUT2D eigenvalue weighted by Gasteiger charge is -2.43. The number of rotatable bonds is 7. The third-order valence-corrected chi connectivity index (χ3v) is 9.11. The van der Waals surface area contributed by atoms with Gasteiger partial charge in [-0.15, -0.1) is 0 Å². The van der Waals surface area contributed by atoms with Crippen LogP contribution in [-0.2, 0) is 19.0 Å².